The summed E-state index contributed by atoms with van der Waals surface area (Å²) in [6.45, 7) is 4.59. The van der Waals surface area contributed by atoms with Crippen LogP contribution in [0, 0.1) is 0 Å². The smallest absolute Gasteiger partial charge is 0.462 e. The number of phosphoric ester groups is 2. The maximum atomic E-state index is 13.1. The van der Waals surface area contributed by atoms with E-state index in [0.29, 0.717) is 25.7 Å². The highest BCUT2D eigenvalue weighted by Gasteiger charge is 2.30. The lowest BCUT2D eigenvalue weighted by molar-refractivity contribution is -0.161. The van der Waals surface area contributed by atoms with Crippen LogP contribution in [0.3, 0.4) is 0 Å². The first-order valence-electron chi connectivity index (χ1n) is 38.5. The number of allylic oxidation sites excluding steroid dienone is 16. The SMILES string of the molecule is CC/C=C\C/C=C\C/C=C\C/C=C\CCCCC(=O)OCC(COP(=O)(O)OCC(O)COP(=O)(O)OCC(COC(=O)CCCCCCCCCCCCCCCCC)OC(=O)CCCCCCC/C=C\CCCCCC)OC(=O)CCCCCCC/C=C\C/C=C\C/C=C\CC. The summed E-state index contributed by atoms with van der Waals surface area (Å²) in [5.74, 6) is -2.24. The molecule has 0 heterocycles. The number of carbonyl (C=O) groups excluding carboxylic acids is 4. The number of rotatable bonds is 72. The maximum Gasteiger partial charge on any atom is 0.472 e. The van der Waals surface area contributed by atoms with Gasteiger partial charge >= 0.3 is 39.5 Å². The standard InChI is InChI=1S/C79H138O17P2/c1-5-9-13-17-21-25-29-33-36-40-43-47-51-55-59-63-76(81)89-69-74(95-78(83)65-61-57-53-49-45-39-32-28-24-20-16-12-8-4)71-93-97(85,86)91-67-73(80)68-92-98(87,88)94-72-75(96-79(84)66-62-58-54-50-46-42-38-35-31-27-23-19-15-11-7-3)70-90-77(82)64-60-56-52-48-44-41-37-34-30-26-22-18-14-10-6-2/h10-11,14-15,22-23,26-28,32,34-35,37-38,44,48,73-75,80H,5-9,12-13,16-21,24-25,29-31,33,36,39-43,45-47,49-72H2,1-4H3,(H,85,86)(H,87,88)/b14-10-,15-11-,26-22-,27-23-,32-28-,37-34-,38-35-,48-44-. The molecule has 0 aliphatic rings. The van der Waals surface area contributed by atoms with Gasteiger partial charge in [0.2, 0.25) is 0 Å². The van der Waals surface area contributed by atoms with Gasteiger partial charge in [0, 0.05) is 25.7 Å². The highest BCUT2D eigenvalue weighted by molar-refractivity contribution is 7.47. The van der Waals surface area contributed by atoms with Crippen LogP contribution in [0.5, 0.6) is 0 Å². The van der Waals surface area contributed by atoms with E-state index in [1.54, 1.807) is 0 Å². The van der Waals surface area contributed by atoms with Crippen LogP contribution in [0.4, 0.5) is 0 Å². The van der Waals surface area contributed by atoms with E-state index in [9.17, 15) is 43.2 Å². The van der Waals surface area contributed by atoms with Crippen molar-refractivity contribution in [1.82, 2.24) is 0 Å². The first-order valence-corrected chi connectivity index (χ1v) is 41.5. The number of ether oxygens (including phenoxy) is 4. The Morgan fingerprint density at radius 1 is 0.296 bits per heavy atom. The lowest BCUT2D eigenvalue weighted by atomic mass is 10.0. The zero-order valence-corrected chi connectivity index (χ0v) is 63.5. The fourth-order valence-corrected chi connectivity index (χ4v) is 11.8. The molecule has 19 heteroatoms. The topological polar surface area (TPSA) is 237 Å². The van der Waals surface area contributed by atoms with E-state index in [-0.39, 0.29) is 25.7 Å². The molecule has 17 nitrogen and oxygen atoms in total. The molecule has 3 N–H and O–H groups in total. The molecule has 0 rings (SSSR count). The summed E-state index contributed by atoms with van der Waals surface area (Å²) in [5.41, 5.74) is 0. The monoisotopic (exact) mass is 1420 g/mol. The Morgan fingerprint density at radius 2 is 0.531 bits per heavy atom. The lowest BCUT2D eigenvalue weighted by Gasteiger charge is -2.21. The molecule has 0 aromatic carbocycles. The molecule has 0 aromatic heterocycles. The Morgan fingerprint density at radius 3 is 0.857 bits per heavy atom. The molecule has 0 spiro atoms. The van der Waals surface area contributed by atoms with E-state index in [1.807, 2.05) is 0 Å². The van der Waals surface area contributed by atoms with Gasteiger partial charge in [-0.3, -0.25) is 37.3 Å². The molecule has 0 saturated carbocycles. The molecule has 0 bridgehead atoms. The highest BCUT2D eigenvalue weighted by atomic mass is 31.2. The van der Waals surface area contributed by atoms with Gasteiger partial charge in [-0.05, 0) is 122 Å². The largest absolute Gasteiger partial charge is 0.472 e. The third-order valence-electron chi connectivity index (χ3n) is 16.0. The van der Waals surface area contributed by atoms with Crippen LogP contribution in [0.15, 0.2) is 97.2 Å². The van der Waals surface area contributed by atoms with Gasteiger partial charge in [0.1, 0.15) is 19.3 Å². The second-order valence-corrected chi connectivity index (χ2v) is 28.4. The quantitative estimate of drug-likeness (QED) is 0.0169. The minimum Gasteiger partial charge on any atom is -0.462 e. The first kappa shape index (κ1) is 94.0. The number of aliphatic hydroxyl groups excluding tert-OH is 1. The molecule has 0 aromatic rings. The highest BCUT2D eigenvalue weighted by Crippen LogP contribution is 2.45. The van der Waals surface area contributed by atoms with Crippen molar-refractivity contribution in [2.45, 2.75) is 341 Å². The normalized spacial score (nSPS) is 14.5. The summed E-state index contributed by atoms with van der Waals surface area (Å²) >= 11 is 0. The van der Waals surface area contributed by atoms with Crippen molar-refractivity contribution in [2.75, 3.05) is 39.6 Å². The zero-order valence-electron chi connectivity index (χ0n) is 61.7. The number of carbonyl (C=O) groups is 4. The molecule has 5 atom stereocenters. The number of phosphoric acid groups is 2. The van der Waals surface area contributed by atoms with Crippen LogP contribution in [0.2, 0.25) is 0 Å². The Bertz CT molecular complexity index is 2240. The Kier molecular flexibility index (Phi) is 68.4. The molecular formula is C79H138O17P2. The number of hydrogen-bond donors (Lipinski definition) is 3. The van der Waals surface area contributed by atoms with E-state index < -0.39 is 97.5 Å². The minimum absolute atomic E-state index is 0.0658. The van der Waals surface area contributed by atoms with E-state index in [4.69, 9.17) is 37.0 Å². The number of aliphatic hydroxyl groups is 1. The van der Waals surface area contributed by atoms with Gasteiger partial charge in [-0.1, -0.05) is 273 Å². The fraction of sp³-hybridized carbons (Fsp3) is 0.747. The number of esters is 4. The van der Waals surface area contributed by atoms with Gasteiger partial charge in [0.05, 0.1) is 26.4 Å². The average Bonchev–Trinajstić information content (AvgIpc) is 1.04. The van der Waals surface area contributed by atoms with Crippen LogP contribution in [-0.4, -0.2) is 96.7 Å². The molecule has 0 aliphatic heterocycles. The second-order valence-electron chi connectivity index (χ2n) is 25.5. The van der Waals surface area contributed by atoms with Crippen molar-refractivity contribution in [3.8, 4) is 0 Å². The summed E-state index contributed by atoms with van der Waals surface area (Å²) in [6, 6.07) is 0. The molecule has 0 amide bonds. The number of unbranched alkanes of at least 4 members (excludes halogenated alkanes) is 30. The predicted molar refractivity (Wildman–Crippen MR) is 399 cm³/mol. The fourth-order valence-electron chi connectivity index (χ4n) is 10.2. The van der Waals surface area contributed by atoms with Crippen molar-refractivity contribution < 1.29 is 80.2 Å². The summed E-state index contributed by atoms with van der Waals surface area (Å²) in [7, 11) is -9.96. The third kappa shape index (κ3) is 70.4. The van der Waals surface area contributed by atoms with Crippen molar-refractivity contribution in [1.29, 1.82) is 0 Å². The Labute approximate surface area is 595 Å². The van der Waals surface area contributed by atoms with Gasteiger partial charge in [-0.2, -0.15) is 0 Å². The molecule has 566 valence electrons. The molecule has 5 unspecified atom stereocenters. The molecule has 98 heavy (non-hydrogen) atoms. The van der Waals surface area contributed by atoms with Crippen molar-refractivity contribution in [3.05, 3.63) is 97.2 Å². The van der Waals surface area contributed by atoms with E-state index in [1.165, 1.54) is 96.3 Å². The van der Waals surface area contributed by atoms with Crippen LogP contribution in [0.1, 0.15) is 323 Å². The Hall–Kier alpha value is -4.02. The van der Waals surface area contributed by atoms with Crippen molar-refractivity contribution in [3.63, 3.8) is 0 Å². The van der Waals surface area contributed by atoms with Gasteiger partial charge in [-0.25, -0.2) is 9.13 Å². The summed E-state index contributed by atoms with van der Waals surface area (Å²) < 4.78 is 68.4. The van der Waals surface area contributed by atoms with E-state index in [0.717, 1.165) is 148 Å². The second kappa shape index (κ2) is 71.4. The van der Waals surface area contributed by atoms with E-state index >= 15 is 0 Å². The van der Waals surface area contributed by atoms with Gasteiger partial charge < -0.3 is 33.8 Å². The van der Waals surface area contributed by atoms with Crippen LogP contribution in [-0.2, 0) is 65.4 Å². The van der Waals surface area contributed by atoms with E-state index in [2.05, 4.69) is 125 Å². The summed E-state index contributed by atoms with van der Waals surface area (Å²) in [5, 5.41) is 10.6. The van der Waals surface area contributed by atoms with Crippen molar-refractivity contribution >= 4 is 39.5 Å². The summed E-state index contributed by atoms with van der Waals surface area (Å²) in [6.07, 6.45) is 74.0. The molecule has 0 radical (unpaired) electrons. The first-order chi connectivity index (χ1) is 47.7. The minimum atomic E-state index is -4.99. The zero-order chi connectivity index (χ0) is 71.8. The van der Waals surface area contributed by atoms with Crippen LogP contribution in [0.25, 0.3) is 0 Å². The van der Waals surface area contributed by atoms with Gasteiger partial charge in [0.15, 0.2) is 12.2 Å². The van der Waals surface area contributed by atoms with Crippen molar-refractivity contribution in [2.24, 2.45) is 0 Å². The van der Waals surface area contributed by atoms with Crippen LogP contribution < -0.4 is 0 Å². The van der Waals surface area contributed by atoms with Gasteiger partial charge in [0.25, 0.3) is 0 Å². The maximum absolute atomic E-state index is 13.1. The molecule has 0 aliphatic carbocycles. The van der Waals surface area contributed by atoms with Crippen LogP contribution >= 0.6 is 15.6 Å². The Balaban J connectivity index is 5.38. The lowest BCUT2D eigenvalue weighted by Crippen LogP contribution is -2.30. The average molecular weight is 1420 g/mol. The molecule has 0 saturated heterocycles. The predicted octanol–water partition coefficient (Wildman–Crippen LogP) is 22.0. The third-order valence-corrected chi connectivity index (χ3v) is 17.9. The summed E-state index contributed by atoms with van der Waals surface area (Å²) in [4.78, 5) is 72.8. The molecular weight excluding hydrogens is 1280 g/mol. The van der Waals surface area contributed by atoms with Gasteiger partial charge in [-0.15, -0.1) is 0 Å². The number of hydrogen-bond acceptors (Lipinski definition) is 15. The molecule has 0 fully saturated rings.